The fraction of sp³-hybridized carbons (Fsp3) is 1.00. The van der Waals surface area contributed by atoms with Gasteiger partial charge in [-0.25, -0.2) is 0 Å². The highest BCUT2D eigenvalue weighted by atomic mass is 35.5. The van der Waals surface area contributed by atoms with E-state index in [1.807, 2.05) is 0 Å². The van der Waals surface area contributed by atoms with Crippen LogP contribution in [0.3, 0.4) is 0 Å². The largest absolute Gasteiger partial charge is 0.374 e. The van der Waals surface area contributed by atoms with Crippen LogP contribution in [0, 0.1) is 0 Å². The van der Waals surface area contributed by atoms with Crippen LogP contribution in [0.15, 0.2) is 0 Å². The van der Waals surface area contributed by atoms with Crippen molar-refractivity contribution in [3.8, 4) is 0 Å². The van der Waals surface area contributed by atoms with E-state index in [4.69, 9.17) is 16.3 Å². The Morgan fingerprint density at radius 1 is 1.22 bits per heavy atom. The fourth-order valence-electron chi connectivity index (χ4n) is 3.92. The zero-order valence-electron chi connectivity index (χ0n) is 11.4. The summed E-state index contributed by atoms with van der Waals surface area (Å²) in [7, 11) is 0. The van der Waals surface area contributed by atoms with E-state index in [0.717, 1.165) is 44.9 Å². The van der Waals surface area contributed by atoms with Gasteiger partial charge in [0.05, 0.1) is 12.7 Å². The zero-order valence-corrected chi connectivity index (χ0v) is 12.1. The van der Waals surface area contributed by atoms with Crippen LogP contribution in [0.1, 0.15) is 32.6 Å². The second-order valence-corrected chi connectivity index (χ2v) is 6.65. The van der Waals surface area contributed by atoms with Gasteiger partial charge in [0, 0.05) is 37.1 Å². The summed E-state index contributed by atoms with van der Waals surface area (Å²) in [6, 6.07) is 1.46. The van der Waals surface area contributed by atoms with Crippen LogP contribution >= 0.6 is 11.6 Å². The molecule has 3 aliphatic rings. The Morgan fingerprint density at radius 2 is 1.94 bits per heavy atom. The number of hydrogen-bond donors (Lipinski definition) is 0. The van der Waals surface area contributed by atoms with Crippen LogP contribution in [0.2, 0.25) is 0 Å². The lowest BCUT2D eigenvalue weighted by molar-refractivity contribution is -0.0520. The number of alkyl halides is 1. The average molecular weight is 273 g/mol. The Bertz CT molecular complexity index is 275. The van der Waals surface area contributed by atoms with Gasteiger partial charge in [-0.3, -0.25) is 9.80 Å². The number of fused-ring (bicyclic) bond motifs is 2. The molecule has 18 heavy (non-hydrogen) atoms. The predicted molar refractivity (Wildman–Crippen MR) is 74.2 cm³/mol. The molecule has 0 aliphatic carbocycles. The van der Waals surface area contributed by atoms with Gasteiger partial charge in [0.25, 0.3) is 0 Å². The van der Waals surface area contributed by atoms with Crippen LogP contribution in [0.4, 0.5) is 0 Å². The lowest BCUT2D eigenvalue weighted by Crippen LogP contribution is -2.52. The fourth-order valence-corrected chi connectivity index (χ4v) is 4.33. The predicted octanol–water partition coefficient (Wildman–Crippen LogP) is 1.94. The van der Waals surface area contributed by atoms with E-state index in [0.29, 0.717) is 11.5 Å². The SMILES string of the molecule is CCN1CCOC(CN2C3CCC2CC(Cl)C3)C1. The molecule has 0 saturated carbocycles. The Balaban J connectivity index is 1.56. The molecule has 0 aromatic rings. The Hall–Kier alpha value is 0.170. The number of morpholine rings is 1. The third-order valence-electron chi connectivity index (χ3n) is 4.91. The monoisotopic (exact) mass is 272 g/mol. The maximum absolute atomic E-state index is 6.33. The van der Waals surface area contributed by atoms with E-state index in [9.17, 15) is 0 Å². The van der Waals surface area contributed by atoms with Crippen LogP contribution in [0.25, 0.3) is 0 Å². The van der Waals surface area contributed by atoms with E-state index in [2.05, 4.69) is 16.7 Å². The minimum atomic E-state index is 0.411. The van der Waals surface area contributed by atoms with Crippen LogP contribution in [-0.4, -0.2) is 66.2 Å². The number of piperidine rings is 1. The van der Waals surface area contributed by atoms with E-state index >= 15 is 0 Å². The molecule has 104 valence electrons. The summed E-state index contributed by atoms with van der Waals surface area (Å²) in [4.78, 5) is 5.20. The topological polar surface area (TPSA) is 15.7 Å². The summed E-state index contributed by atoms with van der Waals surface area (Å²) >= 11 is 6.33. The smallest absolute Gasteiger partial charge is 0.0829 e. The van der Waals surface area contributed by atoms with Crippen molar-refractivity contribution < 1.29 is 4.74 Å². The molecular weight excluding hydrogens is 248 g/mol. The van der Waals surface area contributed by atoms with Crippen molar-refractivity contribution in [1.82, 2.24) is 9.80 Å². The van der Waals surface area contributed by atoms with Crippen LogP contribution in [-0.2, 0) is 4.74 Å². The second-order valence-electron chi connectivity index (χ2n) is 6.04. The van der Waals surface area contributed by atoms with Gasteiger partial charge in [0.1, 0.15) is 0 Å². The van der Waals surface area contributed by atoms with Crippen molar-refractivity contribution in [3.63, 3.8) is 0 Å². The molecule has 3 heterocycles. The van der Waals surface area contributed by atoms with E-state index in [-0.39, 0.29) is 0 Å². The number of rotatable bonds is 3. The molecule has 0 radical (unpaired) electrons. The lowest BCUT2D eigenvalue weighted by atomic mass is 10.0. The van der Waals surface area contributed by atoms with E-state index in [1.165, 1.54) is 25.7 Å². The van der Waals surface area contributed by atoms with Gasteiger partial charge in [-0.2, -0.15) is 0 Å². The maximum Gasteiger partial charge on any atom is 0.0829 e. The molecule has 2 bridgehead atoms. The third kappa shape index (κ3) is 2.69. The average Bonchev–Trinajstić information content (AvgIpc) is 2.62. The zero-order chi connectivity index (χ0) is 12.5. The summed E-state index contributed by atoms with van der Waals surface area (Å²) in [5.41, 5.74) is 0. The normalized spacial score (nSPS) is 42.3. The quantitative estimate of drug-likeness (QED) is 0.731. The van der Waals surface area contributed by atoms with Gasteiger partial charge in [0.2, 0.25) is 0 Å². The van der Waals surface area contributed by atoms with Gasteiger partial charge in [-0.1, -0.05) is 6.92 Å². The van der Waals surface area contributed by atoms with Crippen LogP contribution < -0.4 is 0 Å². The Kier molecular flexibility index (Phi) is 4.14. The highest BCUT2D eigenvalue weighted by molar-refractivity contribution is 6.20. The summed E-state index contributed by atoms with van der Waals surface area (Å²) < 4.78 is 5.95. The number of hydrogen-bond acceptors (Lipinski definition) is 3. The maximum atomic E-state index is 6.33. The molecule has 0 amide bonds. The Morgan fingerprint density at radius 3 is 2.61 bits per heavy atom. The number of halogens is 1. The lowest BCUT2D eigenvalue weighted by Gasteiger charge is -2.41. The molecule has 3 saturated heterocycles. The summed E-state index contributed by atoms with van der Waals surface area (Å²) in [6.45, 7) is 7.62. The number of ether oxygens (including phenoxy) is 1. The highest BCUT2D eigenvalue weighted by Gasteiger charge is 2.41. The van der Waals surface area contributed by atoms with Crippen molar-refractivity contribution in [2.75, 3.05) is 32.8 Å². The molecule has 3 aliphatic heterocycles. The van der Waals surface area contributed by atoms with Gasteiger partial charge >= 0.3 is 0 Å². The number of nitrogens with zero attached hydrogens (tertiary/aromatic N) is 2. The first-order valence-corrected chi connectivity index (χ1v) is 7.93. The first-order valence-electron chi connectivity index (χ1n) is 7.50. The van der Waals surface area contributed by atoms with E-state index < -0.39 is 0 Å². The molecule has 3 rings (SSSR count). The molecular formula is C14H25ClN2O. The minimum Gasteiger partial charge on any atom is -0.374 e. The first kappa shape index (κ1) is 13.2. The van der Waals surface area contributed by atoms with Crippen molar-refractivity contribution in [3.05, 3.63) is 0 Å². The van der Waals surface area contributed by atoms with Gasteiger partial charge in [-0.15, -0.1) is 11.6 Å². The summed E-state index contributed by atoms with van der Waals surface area (Å²) in [6.07, 6.45) is 5.47. The summed E-state index contributed by atoms with van der Waals surface area (Å²) in [5.74, 6) is 0. The van der Waals surface area contributed by atoms with Gasteiger partial charge in [-0.05, 0) is 32.2 Å². The molecule has 0 aromatic heterocycles. The molecule has 4 heteroatoms. The molecule has 3 atom stereocenters. The highest BCUT2D eigenvalue weighted by Crippen LogP contribution is 2.37. The Labute approximate surface area is 115 Å². The molecule has 0 spiro atoms. The van der Waals surface area contributed by atoms with Crippen molar-refractivity contribution in [2.45, 2.75) is 56.2 Å². The summed E-state index contributed by atoms with van der Waals surface area (Å²) in [5, 5.41) is 0.415. The third-order valence-corrected chi connectivity index (χ3v) is 5.27. The molecule has 3 fully saturated rings. The van der Waals surface area contributed by atoms with Crippen molar-refractivity contribution >= 4 is 11.6 Å². The van der Waals surface area contributed by atoms with Crippen molar-refractivity contribution in [2.24, 2.45) is 0 Å². The molecule has 0 aromatic carbocycles. The molecule has 3 nitrogen and oxygen atoms in total. The first-order chi connectivity index (χ1) is 8.76. The second kappa shape index (κ2) is 5.66. The minimum absolute atomic E-state index is 0.411. The van der Waals surface area contributed by atoms with Gasteiger partial charge in [0.15, 0.2) is 0 Å². The van der Waals surface area contributed by atoms with E-state index in [1.54, 1.807) is 0 Å². The van der Waals surface area contributed by atoms with Crippen LogP contribution in [0.5, 0.6) is 0 Å². The van der Waals surface area contributed by atoms with Crippen molar-refractivity contribution in [1.29, 1.82) is 0 Å². The molecule has 0 N–H and O–H groups in total. The number of likely N-dealkylation sites (N-methyl/N-ethyl adjacent to an activating group) is 1. The van der Waals surface area contributed by atoms with Gasteiger partial charge < -0.3 is 4.74 Å². The standard InChI is InChI=1S/C14H25ClN2O/c1-2-16-5-6-18-14(9-16)10-17-12-3-4-13(17)8-11(15)7-12/h11-14H,2-10H2,1H3. The molecule has 3 unspecified atom stereocenters.